The third-order valence-electron chi connectivity index (χ3n) is 4.46. The van der Waals surface area contributed by atoms with Crippen LogP contribution in [-0.2, 0) is 4.79 Å². The van der Waals surface area contributed by atoms with Crippen molar-refractivity contribution in [1.29, 1.82) is 0 Å². The first-order valence-corrected chi connectivity index (χ1v) is 8.49. The number of rotatable bonds is 7. The van der Waals surface area contributed by atoms with Crippen molar-refractivity contribution in [2.24, 2.45) is 11.8 Å². The summed E-state index contributed by atoms with van der Waals surface area (Å²) in [5.74, 6) is 1.05. The molecule has 0 aromatic carbocycles. The van der Waals surface area contributed by atoms with Crippen molar-refractivity contribution in [3.8, 4) is 0 Å². The molecular weight excluding hydrogens is 262 g/mol. The van der Waals surface area contributed by atoms with Gasteiger partial charge in [0.05, 0.1) is 12.2 Å². The molecule has 0 aromatic rings. The Morgan fingerprint density at radius 3 is 1.90 bits per heavy atom. The van der Waals surface area contributed by atoms with Crippen molar-refractivity contribution in [2.75, 3.05) is 13.1 Å². The van der Waals surface area contributed by atoms with Crippen molar-refractivity contribution < 1.29 is 4.79 Å². The molecule has 1 heterocycles. The summed E-state index contributed by atoms with van der Waals surface area (Å²) in [5.41, 5.74) is 0. The first-order valence-electron chi connectivity index (χ1n) is 8.49. The normalized spacial score (nSPS) is 23.7. The molecule has 0 saturated carbocycles. The van der Waals surface area contributed by atoms with Gasteiger partial charge in [-0.15, -0.1) is 0 Å². The number of hydrogen-bond donors (Lipinski definition) is 1. The third-order valence-corrected chi connectivity index (χ3v) is 4.46. The van der Waals surface area contributed by atoms with Gasteiger partial charge in [-0.3, -0.25) is 15.0 Å². The molecule has 0 radical (unpaired) electrons. The van der Waals surface area contributed by atoms with E-state index in [1.807, 2.05) is 0 Å². The van der Waals surface area contributed by atoms with Crippen LogP contribution < -0.4 is 5.32 Å². The first kappa shape index (κ1) is 18.4. The zero-order chi connectivity index (χ0) is 16.3. The van der Waals surface area contributed by atoms with Gasteiger partial charge in [-0.25, -0.2) is 0 Å². The van der Waals surface area contributed by atoms with Gasteiger partial charge in [-0.1, -0.05) is 27.7 Å². The summed E-state index contributed by atoms with van der Waals surface area (Å²) in [5, 5.41) is 3.53. The molecule has 0 aromatic heterocycles. The Balaban J connectivity index is 2.76. The highest BCUT2D eigenvalue weighted by molar-refractivity contribution is 5.84. The zero-order valence-corrected chi connectivity index (χ0v) is 15.2. The molecule has 4 nitrogen and oxygen atoms in total. The topological polar surface area (TPSA) is 35.6 Å². The van der Waals surface area contributed by atoms with Gasteiger partial charge in [-0.05, 0) is 39.5 Å². The van der Waals surface area contributed by atoms with Gasteiger partial charge in [0.25, 0.3) is 0 Å². The summed E-state index contributed by atoms with van der Waals surface area (Å²) in [4.78, 5) is 17.2. The second-order valence-electron chi connectivity index (χ2n) is 7.53. The molecule has 1 aliphatic rings. The van der Waals surface area contributed by atoms with Crippen LogP contribution in [0.25, 0.3) is 0 Å². The summed E-state index contributed by atoms with van der Waals surface area (Å²) in [6.07, 6.45) is 0.172. The van der Waals surface area contributed by atoms with E-state index in [1.165, 1.54) is 0 Å². The lowest BCUT2D eigenvalue weighted by atomic mass is 10.0. The van der Waals surface area contributed by atoms with Crippen LogP contribution in [0, 0.1) is 11.8 Å². The maximum absolute atomic E-state index is 12.7. The third kappa shape index (κ3) is 4.43. The van der Waals surface area contributed by atoms with Gasteiger partial charge in [-0.2, -0.15) is 0 Å². The summed E-state index contributed by atoms with van der Waals surface area (Å²) < 4.78 is 0. The molecule has 21 heavy (non-hydrogen) atoms. The largest absolute Gasteiger partial charge is 0.324 e. The van der Waals surface area contributed by atoms with Crippen LogP contribution >= 0.6 is 0 Å². The van der Waals surface area contributed by atoms with Crippen molar-refractivity contribution >= 4 is 5.91 Å². The number of hydrogen-bond acceptors (Lipinski definition) is 3. The van der Waals surface area contributed by atoms with E-state index in [-0.39, 0.29) is 18.1 Å². The van der Waals surface area contributed by atoms with Crippen LogP contribution in [0.2, 0.25) is 0 Å². The molecule has 2 unspecified atom stereocenters. The molecule has 1 aliphatic heterocycles. The van der Waals surface area contributed by atoms with Crippen molar-refractivity contribution in [3.05, 3.63) is 0 Å². The molecule has 1 rings (SSSR count). The van der Waals surface area contributed by atoms with Crippen molar-refractivity contribution in [3.63, 3.8) is 0 Å². The second-order valence-corrected chi connectivity index (χ2v) is 7.53. The highest BCUT2D eigenvalue weighted by atomic mass is 16.2. The standard InChI is InChI=1S/C17H35N3O/c1-11(2)15-17(21)20(16(18-15)12(3)4)10-9-19(13(5)6)14(7)8/h11-16,18H,9-10H2,1-8H3. The van der Waals surface area contributed by atoms with Crippen LogP contribution in [0.1, 0.15) is 55.4 Å². The number of nitrogens with zero attached hydrogens (tertiary/aromatic N) is 2. The molecule has 4 heteroatoms. The van der Waals surface area contributed by atoms with E-state index in [4.69, 9.17) is 0 Å². The molecule has 0 spiro atoms. The van der Waals surface area contributed by atoms with Gasteiger partial charge in [0.15, 0.2) is 0 Å². The Kier molecular flexibility index (Phi) is 6.67. The van der Waals surface area contributed by atoms with Crippen LogP contribution in [0.3, 0.4) is 0 Å². The van der Waals surface area contributed by atoms with Crippen LogP contribution in [0.5, 0.6) is 0 Å². The van der Waals surface area contributed by atoms with E-state index >= 15 is 0 Å². The minimum absolute atomic E-state index is 0.0241. The molecule has 1 fully saturated rings. The monoisotopic (exact) mass is 297 g/mol. The minimum atomic E-state index is -0.0241. The van der Waals surface area contributed by atoms with E-state index in [9.17, 15) is 4.79 Å². The average Bonchev–Trinajstić information content (AvgIpc) is 2.66. The Morgan fingerprint density at radius 1 is 1.00 bits per heavy atom. The fourth-order valence-electron chi connectivity index (χ4n) is 3.28. The molecule has 0 aliphatic carbocycles. The maximum atomic E-state index is 12.7. The van der Waals surface area contributed by atoms with Gasteiger partial charge < -0.3 is 4.90 Å². The fraction of sp³-hybridized carbons (Fsp3) is 0.941. The van der Waals surface area contributed by atoms with Gasteiger partial charge in [0.1, 0.15) is 0 Å². The summed E-state index contributed by atoms with van der Waals surface area (Å²) in [7, 11) is 0. The molecule has 1 N–H and O–H groups in total. The molecular formula is C17H35N3O. The molecule has 1 saturated heterocycles. The van der Waals surface area contributed by atoms with E-state index in [0.29, 0.717) is 23.9 Å². The Morgan fingerprint density at radius 2 is 1.52 bits per heavy atom. The lowest BCUT2D eigenvalue weighted by molar-refractivity contribution is -0.131. The predicted octanol–water partition coefficient (Wildman–Crippen LogP) is 2.54. The Bertz CT molecular complexity index is 331. The Hall–Kier alpha value is -0.610. The highest BCUT2D eigenvalue weighted by Crippen LogP contribution is 2.21. The van der Waals surface area contributed by atoms with E-state index in [0.717, 1.165) is 13.1 Å². The van der Waals surface area contributed by atoms with E-state index in [1.54, 1.807) is 0 Å². The summed E-state index contributed by atoms with van der Waals surface area (Å²) >= 11 is 0. The fourth-order valence-corrected chi connectivity index (χ4v) is 3.28. The first-order chi connectivity index (χ1) is 9.66. The van der Waals surface area contributed by atoms with E-state index in [2.05, 4.69) is 70.5 Å². The van der Waals surface area contributed by atoms with Crippen LogP contribution in [-0.4, -0.2) is 53.1 Å². The summed E-state index contributed by atoms with van der Waals surface area (Å²) in [6, 6.07) is 0.993. The Labute approximate surface area is 131 Å². The van der Waals surface area contributed by atoms with Crippen LogP contribution in [0.4, 0.5) is 0 Å². The van der Waals surface area contributed by atoms with E-state index < -0.39 is 0 Å². The molecule has 0 bridgehead atoms. The van der Waals surface area contributed by atoms with Crippen LogP contribution in [0.15, 0.2) is 0 Å². The maximum Gasteiger partial charge on any atom is 0.241 e. The van der Waals surface area contributed by atoms with Gasteiger partial charge >= 0.3 is 0 Å². The summed E-state index contributed by atoms with van der Waals surface area (Å²) in [6.45, 7) is 19.2. The second kappa shape index (κ2) is 7.59. The highest BCUT2D eigenvalue weighted by Gasteiger charge is 2.41. The number of carbonyl (C=O) groups excluding carboxylic acids is 1. The minimum Gasteiger partial charge on any atom is -0.324 e. The zero-order valence-electron chi connectivity index (χ0n) is 15.2. The van der Waals surface area contributed by atoms with Gasteiger partial charge in [0, 0.05) is 25.2 Å². The lowest BCUT2D eigenvalue weighted by Crippen LogP contribution is -2.47. The number of carbonyl (C=O) groups is 1. The van der Waals surface area contributed by atoms with Crippen molar-refractivity contribution in [1.82, 2.24) is 15.1 Å². The molecule has 124 valence electrons. The number of amides is 1. The number of nitrogens with one attached hydrogen (secondary N) is 1. The predicted molar refractivity (Wildman–Crippen MR) is 89.1 cm³/mol. The SMILES string of the molecule is CC(C)C1NC(C(C)C)N(CCN(C(C)C)C(C)C)C1=O. The lowest BCUT2D eigenvalue weighted by Gasteiger charge is -2.34. The van der Waals surface area contributed by atoms with Crippen molar-refractivity contribution in [2.45, 2.75) is 79.7 Å². The molecule has 1 amide bonds. The van der Waals surface area contributed by atoms with Gasteiger partial charge in [0.2, 0.25) is 5.91 Å². The smallest absolute Gasteiger partial charge is 0.241 e. The average molecular weight is 297 g/mol. The molecule has 2 atom stereocenters. The quantitative estimate of drug-likeness (QED) is 0.784.